The normalized spacial score (nSPS) is 17.2. The Hall–Kier alpha value is -0.800. The summed E-state index contributed by atoms with van der Waals surface area (Å²) in [6.45, 7) is 7.36. The van der Waals surface area contributed by atoms with E-state index in [1.807, 2.05) is 6.26 Å². The van der Waals surface area contributed by atoms with E-state index in [4.69, 9.17) is 4.42 Å². The summed E-state index contributed by atoms with van der Waals surface area (Å²) in [7, 11) is 2.21. The number of hydrogen-bond acceptors (Lipinski definition) is 3. The molecule has 1 aromatic heterocycles. The minimum absolute atomic E-state index is 0.516. The van der Waals surface area contributed by atoms with Crippen LogP contribution < -0.4 is 5.32 Å². The number of nitrogens with one attached hydrogen (secondary N) is 1. The molecule has 0 bridgehead atoms. The molecule has 0 aliphatic heterocycles. The first-order chi connectivity index (χ1) is 9.63. The van der Waals surface area contributed by atoms with Crippen LogP contribution in [0.1, 0.15) is 57.3 Å². The summed E-state index contributed by atoms with van der Waals surface area (Å²) in [6, 6.07) is 2.70. The molecule has 1 aliphatic carbocycles. The fourth-order valence-corrected chi connectivity index (χ4v) is 3.06. The van der Waals surface area contributed by atoms with Gasteiger partial charge in [0.15, 0.2) is 0 Å². The minimum atomic E-state index is 0.516. The molecule has 1 aliphatic rings. The van der Waals surface area contributed by atoms with Crippen LogP contribution in [0.25, 0.3) is 0 Å². The molecule has 3 nitrogen and oxygen atoms in total. The maximum absolute atomic E-state index is 5.68. The van der Waals surface area contributed by atoms with Gasteiger partial charge in [0.2, 0.25) is 0 Å². The molecule has 0 unspecified atom stereocenters. The largest absolute Gasteiger partial charge is 0.468 e. The number of hydrogen-bond donors (Lipinski definition) is 1. The number of nitrogens with zero attached hydrogens (tertiary/aromatic N) is 1. The second-order valence-corrected chi connectivity index (χ2v) is 6.66. The van der Waals surface area contributed by atoms with Crippen molar-refractivity contribution in [2.24, 2.45) is 5.92 Å². The average Bonchev–Trinajstić information content (AvgIpc) is 2.85. The zero-order chi connectivity index (χ0) is 14.4. The fraction of sp³-hybridized carbons (Fsp3) is 0.765. The second kappa shape index (κ2) is 7.84. The van der Waals surface area contributed by atoms with Crippen LogP contribution >= 0.6 is 0 Å². The molecule has 0 atom stereocenters. The summed E-state index contributed by atoms with van der Waals surface area (Å²) in [6.07, 6.45) is 8.98. The van der Waals surface area contributed by atoms with Crippen molar-refractivity contribution in [3.8, 4) is 0 Å². The van der Waals surface area contributed by atoms with Crippen molar-refractivity contribution in [1.29, 1.82) is 0 Å². The summed E-state index contributed by atoms with van der Waals surface area (Å²) < 4.78 is 5.68. The monoisotopic (exact) mass is 278 g/mol. The molecule has 20 heavy (non-hydrogen) atoms. The maximum Gasteiger partial charge on any atom is 0.118 e. The van der Waals surface area contributed by atoms with Crippen molar-refractivity contribution < 1.29 is 4.42 Å². The van der Waals surface area contributed by atoms with E-state index in [9.17, 15) is 0 Å². The molecular weight excluding hydrogens is 248 g/mol. The Bertz CT molecular complexity index is 380. The van der Waals surface area contributed by atoms with Crippen LogP contribution in [0, 0.1) is 5.92 Å². The lowest BCUT2D eigenvalue weighted by Crippen LogP contribution is -2.26. The van der Waals surface area contributed by atoms with Gasteiger partial charge in [-0.15, -0.1) is 0 Å². The Morgan fingerprint density at radius 1 is 1.30 bits per heavy atom. The van der Waals surface area contributed by atoms with Gasteiger partial charge < -0.3 is 9.73 Å². The van der Waals surface area contributed by atoms with E-state index < -0.39 is 0 Å². The highest BCUT2D eigenvalue weighted by atomic mass is 16.3. The third kappa shape index (κ3) is 5.29. The quantitative estimate of drug-likeness (QED) is 0.822. The van der Waals surface area contributed by atoms with Gasteiger partial charge in [0.25, 0.3) is 0 Å². The van der Waals surface area contributed by atoms with Gasteiger partial charge in [-0.2, -0.15) is 0 Å². The summed E-state index contributed by atoms with van der Waals surface area (Å²) >= 11 is 0. The zero-order valence-corrected chi connectivity index (χ0v) is 13.3. The second-order valence-electron chi connectivity index (χ2n) is 6.66. The summed E-state index contributed by atoms with van der Waals surface area (Å²) in [5, 5.41) is 3.42. The lowest BCUT2D eigenvalue weighted by Gasteiger charge is -2.26. The summed E-state index contributed by atoms with van der Waals surface area (Å²) in [5.41, 5.74) is 1.25. The molecule has 114 valence electrons. The molecule has 0 radical (unpaired) electrons. The van der Waals surface area contributed by atoms with E-state index in [0.717, 1.165) is 24.8 Å². The average molecular weight is 278 g/mol. The van der Waals surface area contributed by atoms with Crippen LogP contribution in [-0.2, 0) is 13.1 Å². The third-order valence-corrected chi connectivity index (χ3v) is 4.14. The predicted octanol–water partition coefficient (Wildman–Crippen LogP) is 3.79. The lowest BCUT2D eigenvalue weighted by atomic mass is 9.89. The first kappa shape index (κ1) is 15.6. The molecule has 0 amide bonds. The van der Waals surface area contributed by atoms with Gasteiger partial charge in [-0.05, 0) is 31.9 Å². The van der Waals surface area contributed by atoms with Crippen molar-refractivity contribution in [1.82, 2.24) is 10.2 Å². The summed E-state index contributed by atoms with van der Waals surface area (Å²) in [4.78, 5) is 2.41. The predicted molar refractivity (Wildman–Crippen MR) is 83.6 cm³/mol. The molecule has 2 rings (SSSR count). The van der Waals surface area contributed by atoms with Gasteiger partial charge in [0.1, 0.15) is 5.76 Å². The molecule has 1 aromatic rings. The molecular formula is C17H30N2O. The standard InChI is InChI=1S/C17H30N2O/c1-14(2)18-10-16-9-17(20-13-16)12-19(3)11-15-7-5-4-6-8-15/h9,13-15,18H,4-8,10-12H2,1-3H3. The smallest absolute Gasteiger partial charge is 0.118 e. The van der Waals surface area contributed by atoms with Crippen LogP contribution in [-0.4, -0.2) is 24.5 Å². The number of furan rings is 1. The Labute approximate surface area is 123 Å². The molecule has 1 N–H and O–H groups in total. The van der Waals surface area contributed by atoms with E-state index in [1.54, 1.807) is 0 Å². The fourth-order valence-electron chi connectivity index (χ4n) is 3.06. The van der Waals surface area contributed by atoms with Crippen molar-refractivity contribution in [2.75, 3.05) is 13.6 Å². The summed E-state index contributed by atoms with van der Waals surface area (Å²) in [5.74, 6) is 1.98. The molecule has 3 heteroatoms. The van der Waals surface area contributed by atoms with Crippen molar-refractivity contribution in [3.63, 3.8) is 0 Å². The minimum Gasteiger partial charge on any atom is -0.468 e. The topological polar surface area (TPSA) is 28.4 Å². The zero-order valence-electron chi connectivity index (χ0n) is 13.3. The highest BCUT2D eigenvalue weighted by Crippen LogP contribution is 2.24. The number of rotatable bonds is 7. The Morgan fingerprint density at radius 2 is 2.05 bits per heavy atom. The van der Waals surface area contributed by atoms with E-state index in [2.05, 4.69) is 37.2 Å². The van der Waals surface area contributed by atoms with Crippen LogP contribution in [0.5, 0.6) is 0 Å². The van der Waals surface area contributed by atoms with Crippen molar-refractivity contribution >= 4 is 0 Å². The first-order valence-corrected chi connectivity index (χ1v) is 8.11. The Balaban J connectivity index is 1.74. The van der Waals surface area contributed by atoms with Gasteiger partial charge in [0.05, 0.1) is 12.8 Å². The van der Waals surface area contributed by atoms with Gasteiger partial charge in [-0.1, -0.05) is 33.1 Å². The third-order valence-electron chi connectivity index (χ3n) is 4.14. The van der Waals surface area contributed by atoms with Crippen LogP contribution in [0.2, 0.25) is 0 Å². The van der Waals surface area contributed by atoms with Gasteiger partial charge in [-0.3, -0.25) is 4.90 Å². The highest BCUT2D eigenvalue weighted by Gasteiger charge is 2.16. The van der Waals surface area contributed by atoms with Crippen LogP contribution in [0.4, 0.5) is 0 Å². The lowest BCUT2D eigenvalue weighted by molar-refractivity contribution is 0.216. The molecule has 1 heterocycles. The Kier molecular flexibility index (Phi) is 6.11. The SMILES string of the molecule is CC(C)NCc1coc(CN(C)CC2CCCCC2)c1. The van der Waals surface area contributed by atoms with Gasteiger partial charge >= 0.3 is 0 Å². The van der Waals surface area contributed by atoms with E-state index in [-0.39, 0.29) is 0 Å². The van der Waals surface area contributed by atoms with Gasteiger partial charge in [-0.25, -0.2) is 0 Å². The Morgan fingerprint density at radius 3 is 2.75 bits per heavy atom. The van der Waals surface area contributed by atoms with E-state index in [1.165, 1.54) is 44.2 Å². The van der Waals surface area contributed by atoms with E-state index in [0.29, 0.717) is 6.04 Å². The molecule has 1 saturated carbocycles. The van der Waals surface area contributed by atoms with Crippen LogP contribution in [0.15, 0.2) is 16.7 Å². The van der Waals surface area contributed by atoms with E-state index >= 15 is 0 Å². The van der Waals surface area contributed by atoms with Crippen molar-refractivity contribution in [2.45, 2.75) is 65.1 Å². The molecule has 0 spiro atoms. The molecule has 0 saturated heterocycles. The maximum atomic E-state index is 5.68. The highest BCUT2D eigenvalue weighted by molar-refractivity contribution is 5.12. The first-order valence-electron chi connectivity index (χ1n) is 8.11. The molecule has 0 aromatic carbocycles. The van der Waals surface area contributed by atoms with Crippen molar-refractivity contribution in [3.05, 3.63) is 23.7 Å². The molecule has 1 fully saturated rings. The van der Waals surface area contributed by atoms with Gasteiger partial charge in [0, 0.05) is 24.7 Å². The van der Waals surface area contributed by atoms with Crippen LogP contribution in [0.3, 0.4) is 0 Å².